The van der Waals surface area contributed by atoms with Crippen molar-refractivity contribution in [3.63, 3.8) is 0 Å². The molecular weight excluding hydrogens is 162 g/mol. The van der Waals surface area contributed by atoms with Gasteiger partial charge in [0.1, 0.15) is 0 Å². The van der Waals surface area contributed by atoms with E-state index in [4.69, 9.17) is 10.5 Å². The van der Waals surface area contributed by atoms with E-state index in [0.29, 0.717) is 12.0 Å². The van der Waals surface area contributed by atoms with Gasteiger partial charge in [0.15, 0.2) is 0 Å². The Morgan fingerprint density at radius 1 is 1.31 bits per heavy atom. The van der Waals surface area contributed by atoms with Crippen molar-refractivity contribution in [2.75, 3.05) is 6.54 Å². The average molecular weight is 185 g/mol. The van der Waals surface area contributed by atoms with Crippen LogP contribution in [0.4, 0.5) is 0 Å². The lowest BCUT2D eigenvalue weighted by Gasteiger charge is -2.31. The molecule has 2 N–H and O–H groups in total. The number of rotatable bonds is 3. The van der Waals surface area contributed by atoms with Crippen LogP contribution in [0.3, 0.4) is 0 Å². The summed E-state index contributed by atoms with van der Waals surface area (Å²) in [4.78, 5) is 0. The van der Waals surface area contributed by atoms with E-state index in [1.165, 1.54) is 6.42 Å². The molecule has 2 heteroatoms. The van der Waals surface area contributed by atoms with Crippen LogP contribution >= 0.6 is 0 Å². The normalized spacial score (nSPS) is 32.8. The zero-order chi connectivity index (χ0) is 10.1. The molecular formula is C11H23NO. The maximum Gasteiger partial charge on any atom is 0.0812 e. The van der Waals surface area contributed by atoms with Gasteiger partial charge in [-0.05, 0) is 38.5 Å². The summed E-state index contributed by atoms with van der Waals surface area (Å²) in [6.07, 6.45) is 3.75. The summed E-state index contributed by atoms with van der Waals surface area (Å²) in [6.45, 7) is 9.43. The Kier molecular flexibility index (Phi) is 3.03. The molecule has 78 valence electrons. The SMILES string of the molecule is CC(C)OC1(CN)CCC(C)(C)C1. The first-order valence-corrected chi connectivity index (χ1v) is 5.27. The van der Waals surface area contributed by atoms with Gasteiger partial charge in [0.25, 0.3) is 0 Å². The molecule has 13 heavy (non-hydrogen) atoms. The minimum atomic E-state index is -0.0301. The highest BCUT2D eigenvalue weighted by atomic mass is 16.5. The lowest BCUT2D eigenvalue weighted by atomic mass is 9.89. The minimum absolute atomic E-state index is 0.0301. The first-order valence-electron chi connectivity index (χ1n) is 5.27. The van der Waals surface area contributed by atoms with Gasteiger partial charge in [0.2, 0.25) is 0 Å². The van der Waals surface area contributed by atoms with E-state index in [1.807, 2.05) is 0 Å². The van der Waals surface area contributed by atoms with Crippen LogP contribution in [-0.2, 0) is 4.74 Å². The zero-order valence-corrected chi connectivity index (χ0v) is 9.39. The van der Waals surface area contributed by atoms with Gasteiger partial charge in [-0.3, -0.25) is 0 Å². The Hall–Kier alpha value is -0.0800. The lowest BCUT2D eigenvalue weighted by Crippen LogP contribution is -2.40. The molecule has 1 unspecified atom stereocenters. The fraction of sp³-hybridized carbons (Fsp3) is 1.00. The molecule has 0 aromatic carbocycles. The van der Waals surface area contributed by atoms with Gasteiger partial charge in [0, 0.05) is 6.54 Å². The molecule has 1 atom stereocenters. The molecule has 0 saturated heterocycles. The number of hydrogen-bond acceptors (Lipinski definition) is 2. The molecule has 0 amide bonds. The van der Waals surface area contributed by atoms with Crippen molar-refractivity contribution in [3.05, 3.63) is 0 Å². The van der Waals surface area contributed by atoms with Gasteiger partial charge >= 0.3 is 0 Å². The number of hydrogen-bond donors (Lipinski definition) is 1. The Labute approximate surface area is 81.8 Å². The second kappa shape index (κ2) is 3.58. The average Bonchev–Trinajstić information content (AvgIpc) is 2.26. The third-order valence-corrected chi connectivity index (χ3v) is 2.92. The highest BCUT2D eigenvalue weighted by Crippen LogP contribution is 2.45. The van der Waals surface area contributed by atoms with E-state index < -0.39 is 0 Å². The van der Waals surface area contributed by atoms with E-state index in [2.05, 4.69) is 27.7 Å². The van der Waals surface area contributed by atoms with Crippen LogP contribution < -0.4 is 5.73 Å². The molecule has 1 aliphatic rings. The van der Waals surface area contributed by atoms with Crippen LogP contribution in [0.25, 0.3) is 0 Å². The van der Waals surface area contributed by atoms with Crippen LogP contribution in [0.1, 0.15) is 47.0 Å². The molecule has 0 radical (unpaired) electrons. The van der Waals surface area contributed by atoms with E-state index in [1.54, 1.807) is 0 Å². The number of ether oxygens (including phenoxy) is 1. The summed E-state index contributed by atoms with van der Waals surface area (Å²) in [5.74, 6) is 0. The fourth-order valence-corrected chi connectivity index (χ4v) is 2.44. The maximum atomic E-state index is 5.96. The first kappa shape index (κ1) is 11.0. The van der Waals surface area contributed by atoms with Crippen molar-refractivity contribution in [2.45, 2.75) is 58.7 Å². The summed E-state index contributed by atoms with van der Waals surface area (Å²) in [7, 11) is 0. The second-order valence-electron chi connectivity index (χ2n) is 5.39. The maximum absolute atomic E-state index is 5.96. The molecule has 1 saturated carbocycles. The Balaban J connectivity index is 2.63. The summed E-state index contributed by atoms with van der Waals surface area (Å²) < 4.78 is 5.96. The van der Waals surface area contributed by atoms with Gasteiger partial charge < -0.3 is 10.5 Å². The molecule has 0 aromatic heterocycles. The van der Waals surface area contributed by atoms with Crippen LogP contribution in [0, 0.1) is 5.41 Å². The topological polar surface area (TPSA) is 35.2 Å². The largest absolute Gasteiger partial charge is 0.371 e. The van der Waals surface area contributed by atoms with E-state index >= 15 is 0 Å². The molecule has 1 aliphatic carbocycles. The third-order valence-electron chi connectivity index (χ3n) is 2.92. The van der Waals surface area contributed by atoms with Crippen molar-refractivity contribution in [3.8, 4) is 0 Å². The molecule has 2 nitrogen and oxygen atoms in total. The van der Waals surface area contributed by atoms with Crippen LogP contribution in [0.5, 0.6) is 0 Å². The van der Waals surface area contributed by atoms with Crippen molar-refractivity contribution in [2.24, 2.45) is 11.1 Å². The predicted octanol–water partition coefficient (Wildman–Crippen LogP) is 2.32. The van der Waals surface area contributed by atoms with Crippen molar-refractivity contribution >= 4 is 0 Å². The fourth-order valence-electron chi connectivity index (χ4n) is 2.44. The summed E-state index contributed by atoms with van der Waals surface area (Å²) >= 11 is 0. The summed E-state index contributed by atoms with van der Waals surface area (Å²) in [5.41, 5.74) is 6.19. The second-order valence-corrected chi connectivity index (χ2v) is 5.39. The quantitative estimate of drug-likeness (QED) is 0.732. The van der Waals surface area contributed by atoms with Crippen LogP contribution in [-0.4, -0.2) is 18.2 Å². The molecule has 0 spiro atoms. The zero-order valence-electron chi connectivity index (χ0n) is 9.39. The molecule has 0 bridgehead atoms. The lowest BCUT2D eigenvalue weighted by molar-refractivity contribution is -0.0744. The first-order chi connectivity index (χ1) is 5.89. The molecule has 0 heterocycles. The third kappa shape index (κ3) is 2.68. The predicted molar refractivity (Wildman–Crippen MR) is 55.6 cm³/mol. The molecule has 0 aromatic rings. The molecule has 0 aliphatic heterocycles. The molecule has 1 rings (SSSR count). The van der Waals surface area contributed by atoms with Gasteiger partial charge in [0.05, 0.1) is 11.7 Å². The van der Waals surface area contributed by atoms with E-state index in [-0.39, 0.29) is 11.7 Å². The van der Waals surface area contributed by atoms with Gasteiger partial charge in [-0.1, -0.05) is 13.8 Å². The van der Waals surface area contributed by atoms with Crippen molar-refractivity contribution < 1.29 is 4.74 Å². The Bertz CT molecular complexity index is 177. The highest BCUT2D eigenvalue weighted by molar-refractivity contribution is 4.96. The van der Waals surface area contributed by atoms with E-state index in [0.717, 1.165) is 12.8 Å². The van der Waals surface area contributed by atoms with Crippen LogP contribution in [0.2, 0.25) is 0 Å². The van der Waals surface area contributed by atoms with Gasteiger partial charge in [-0.15, -0.1) is 0 Å². The minimum Gasteiger partial charge on any atom is -0.371 e. The number of nitrogens with two attached hydrogens (primary N) is 1. The van der Waals surface area contributed by atoms with Gasteiger partial charge in [-0.25, -0.2) is 0 Å². The highest BCUT2D eigenvalue weighted by Gasteiger charge is 2.43. The smallest absolute Gasteiger partial charge is 0.0812 e. The monoisotopic (exact) mass is 185 g/mol. The van der Waals surface area contributed by atoms with Crippen molar-refractivity contribution in [1.29, 1.82) is 0 Å². The van der Waals surface area contributed by atoms with Gasteiger partial charge in [-0.2, -0.15) is 0 Å². The Morgan fingerprint density at radius 3 is 2.23 bits per heavy atom. The summed E-state index contributed by atoms with van der Waals surface area (Å²) in [6, 6.07) is 0. The van der Waals surface area contributed by atoms with Crippen LogP contribution in [0.15, 0.2) is 0 Å². The standard InChI is InChI=1S/C11H23NO/c1-9(2)13-11(8-12)6-5-10(3,4)7-11/h9H,5-8,12H2,1-4H3. The van der Waals surface area contributed by atoms with Crippen molar-refractivity contribution in [1.82, 2.24) is 0 Å². The van der Waals surface area contributed by atoms with E-state index in [9.17, 15) is 0 Å². The molecule has 1 fully saturated rings. The Morgan fingerprint density at radius 2 is 1.92 bits per heavy atom. The summed E-state index contributed by atoms with van der Waals surface area (Å²) in [5, 5.41) is 0.